The van der Waals surface area contributed by atoms with Crippen LogP contribution in [0, 0.1) is 13.8 Å². The number of aryl methyl sites for hydroxylation is 3. The number of hydrogen-bond donors (Lipinski definition) is 3. The van der Waals surface area contributed by atoms with E-state index >= 15 is 0 Å². The first-order valence-corrected chi connectivity index (χ1v) is 9.34. The van der Waals surface area contributed by atoms with Crippen molar-refractivity contribution in [3.63, 3.8) is 0 Å². The zero-order valence-corrected chi connectivity index (χ0v) is 19.6. The second kappa shape index (κ2) is 11.7. The van der Waals surface area contributed by atoms with Gasteiger partial charge in [0.2, 0.25) is 5.91 Å². The van der Waals surface area contributed by atoms with Crippen LogP contribution in [0.5, 0.6) is 0 Å². The fourth-order valence-electron chi connectivity index (χ4n) is 2.78. The van der Waals surface area contributed by atoms with Gasteiger partial charge in [-0.3, -0.25) is 9.48 Å². The van der Waals surface area contributed by atoms with Crippen molar-refractivity contribution < 1.29 is 4.79 Å². The second-order valence-electron chi connectivity index (χ2n) is 6.42. The summed E-state index contributed by atoms with van der Waals surface area (Å²) >= 11 is 0. The molecule has 0 aliphatic carbocycles. The average Bonchev–Trinajstić information content (AvgIpc) is 2.89. The van der Waals surface area contributed by atoms with Gasteiger partial charge >= 0.3 is 0 Å². The van der Waals surface area contributed by atoms with E-state index in [0.717, 1.165) is 35.6 Å². The number of carbonyl (C=O) groups excluding carboxylic acids is 1. The first kappa shape index (κ1) is 23.9. The van der Waals surface area contributed by atoms with Gasteiger partial charge in [-0.2, -0.15) is 5.10 Å². The van der Waals surface area contributed by atoms with Crippen molar-refractivity contribution in [1.29, 1.82) is 0 Å². The van der Waals surface area contributed by atoms with Crippen LogP contribution in [-0.2, 0) is 24.8 Å². The summed E-state index contributed by atoms with van der Waals surface area (Å²) in [6.45, 7) is 9.48. The van der Waals surface area contributed by atoms with Gasteiger partial charge in [-0.25, -0.2) is 4.99 Å². The number of halogens is 1. The summed E-state index contributed by atoms with van der Waals surface area (Å²) in [6.07, 6.45) is 0.937. The highest BCUT2D eigenvalue weighted by Crippen LogP contribution is 2.13. The number of hydrogen-bond acceptors (Lipinski definition) is 3. The Morgan fingerprint density at radius 1 is 1.21 bits per heavy atom. The zero-order valence-electron chi connectivity index (χ0n) is 17.3. The molecule has 8 heteroatoms. The molecule has 1 amide bonds. The number of carbonyl (C=O) groups is 1. The molecule has 154 valence electrons. The van der Waals surface area contributed by atoms with Crippen LogP contribution in [0.2, 0.25) is 0 Å². The molecular formula is C20H31IN6O. The van der Waals surface area contributed by atoms with E-state index in [9.17, 15) is 4.79 Å². The maximum absolute atomic E-state index is 12.2. The maximum Gasteiger partial charge on any atom is 0.243 e. The van der Waals surface area contributed by atoms with Crippen LogP contribution in [0.1, 0.15) is 36.4 Å². The van der Waals surface area contributed by atoms with Crippen LogP contribution in [0.4, 0.5) is 5.69 Å². The van der Waals surface area contributed by atoms with Crippen molar-refractivity contribution in [2.45, 2.75) is 40.7 Å². The average molecular weight is 498 g/mol. The molecular weight excluding hydrogens is 467 g/mol. The molecule has 0 bridgehead atoms. The molecule has 1 aromatic carbocycles. The van der Waals surface area contributed by atoms with Crippen molar-refractivity contribution in [2.24, 2.45) is 12.0 Å². The van der Waals surface area contributed by atoms with Gasteiger partial charge in [-0.15, -0.1) is 24.0 Å². The molecule has 28 heavy (non-hydrogen) atoms. The molecule has 0 saturated carbocycles. The fraction of sp³-hybridized carbons (Fsp3) is 0.450. The lowest BCUT2D eigenvalue weighted by Crippen LogP contribution is -2.41. The Hall–Kier alpha value is -2.10. The number of aliphatic imine (C=N–C) groups is 1. The summed E-state index contributed by atoms with van der Waals surface area (Å²) in [5.74, 6) is 0.500. The van der Waals surface area contributed by atoms with Gasteiger partial charge < -0.3 is 16.0 Å². The summed E-state index contributed by atoms with van der Waals surface area (Å²) in [5.41, 5.74) is 5.18. The van der Waals surface area contributed by atoms with Crippen molar-refractivity contribution in [1.82, 2.24) is 20.4 Å². The molecule has 2 rings (SSSR count). The van der Waals surface area contributed by atoms with Crippen molar-refractivity contribution in [2.75, 3.05) is 18.4 Å². The molecule has 1 aromatic heterocycles. The zero-order chi connectivity index (χ0) is 19.8. The normalized spacial score (nSPS) is 11.0. The second-order valence-corrected chi connectivity index (χ2v) is 6.42. The minimum atomic E-state index is -0.109. The topological polar surface area (TPSA) is 83.3 Å². The highest BCUT2D eigenvalue weighted by atomic mass is 127. The largest absolute Gasteiger partial charge is 0.357 e. The SMILES string of the molecule is CCNC(=NCc1c(C)nn(C)c1C)NCC(=O)Nc1cccc(CC)c1.I. The third kappa shape index (κ3) is 6.81. The summed E-state index contributed by atoms with van der Waals surface area (Å²) < 4.78 is 1.86. The van der Waals surface area contributed by atoms with E-state index in [1.54, 1.807) is 0 Å². The number of anilines is 1. The number of amides is 1. The molecule has 2 aromatic rings. The number of benzene rings is 1. The number of rotatable bonds is 7. The van der Waals surface area contributed by atoms with E-state index in [1.807, 2.05) is 56.8 Å². The summed E-state index contributed by atoms with van der Waals surface area (Å²) in [5, 5.41) is 13.6. The lowest BCUT2D eigenvalue weighted by molar-refractivity contribution is -0.115. The van der Waals surface area contributed by atoms with Crippen LogP contribution in [0.3, 0.4) is 0 Å². The highest BCUT2D eigenvalue weighted by molar-refractivity contribution is 14.0. The van der Waals surface area contributed by atoms with Gasteiger partial charge in [0.15, 0.2) is 5.96 Å². The van der Waals surface area contributed by atoms with Crippen molar-refractivity contribution in [3.05, 3.63) is 46.8 Å². The molecule has 0 radical (unpaired) electrons. The van der Waals surface area contributed by atoms with Gasteiger partial charge in [0.25, 0.3) is 0 Å². The van der Waals surface area contributed by atoms with Gasteiger partial charge in [-0.1, -0.05) is 19.1 Å². The molecule has 0 atom stereocenters. The molecule has 0 unspecified atom stereocenters. The molecule has 0 aliphatic heterocycles. The minimum Gasteiger partial charge on any atom is -0.357 e. The Morgan fingerprint density at radius 2 is 1.96 bits per heavy atom. The van der Waals surface area contributed by atoms with Crippen molar-refractivity contribution >= 4 is 41.5 Å². The van der Waals surface area contributed by atoms with E-state index in [2.05, 4.69) is 33.0 Å². The molecule has 0 aliphatic rings. The third-order valence-electron chi connectivity index (χ3n) is 4.43. The highest BCUT2D eigenvalue weighted by Gasteiger charge is 2.10. The van der Waals surface area contributed by atoms with Crippen LogP contribution >= 0.6 is 24.0 Å². The summed E-state index contributed by atoms with van der Waals surface area (Å²) in [6, 6.07) is 7.88. The quantitative estimate of drug-likeness (QED) is 0.312. The number of nitrogens with zero attached hydrogens (tertiary/aromatic N) is 3. The standard InChI is InChI=1S/C20H30N6O.HI/c1-6-16-9-8-10-17(11-16)24-19(27)13-23-20(21-7-2)22-12-18-14(3)25-26(5)15(18)4;/h8-11H,6-7,12-13H2,1-5H3,(H,24,27)(H2,21,22,23);1H. The molecule has 0 spiro atoms. The third-order valence-corrected chi connectivity index (χ3v) is 4.43. The number of guanidine groups is 1. The predicted octanol–water partition coefficient (Wildman–Crippen LogP) is 2.91. The van der Waals surface area contributed by atoms with E-state index in [-0.39, 0.29) is 36.4 Å². The monoisotopic (exact) mass is 498 g/mol. The van der Waals surface area contributed by atoms with Crippen LogP contribution < -0.4 is 16.0 Å². The first-order chi connectivity index (χ1) is 12.9. The fourth-order valence-corrected chi connectivity index (χ4v) is 2.78. The van der Waals surface area contributed by atoms with Crippen LogP contribution in [0.25, 0.3) is 0 Å². The van der Waals surface area contributed by atoms with Gasteiger partial charge in [0, 0.05) is 30.5 Å². The van der Waals surface area contributed by atoms with E-state index < -0.39 is 0 Å². The molecule has 0 fully saturated rings. The summed E-state index contributed by atoms with van der Waals surface area (Å²) in [4.78, 5) is 16.8. The summed E-state index contributed by atoms with van der Waals surface area (Å²) in [7, 11) is 1.93. The van der Waals surface area contributed by atoms with Gasteiger partial charge in [-0.05, 0) is 44.9 Å². The molecule has 3 N–H and O–H groups in total. The first-order valence-electron chi connectivity index (χ1n) is 9.34. The van der Waals surface area contributed by atoms with Gasteiger partial charge in [0.1, 0.15) is 0 Å². The Kier molecular flexibility index (Phi) is 9.98. The molecule has 0 saturated heterocycles. The molecule has 1 heterocycles. The lowest BCUT2D eigenvalue weighted by Gasteiger charge is -2.12. The maximum atomic E-state index is 12.2. The Morgan fingerprint density at radius 3 is 2.57 bits per heavy atom. The number of aromatic nitrogens is 2. The van der Waals surface area contributed by atoms with Crippen LogP contribution in [-0.4, -0.2) is 34.7 Å². The molecule has 7 nitrogen and oxygen atoms in total. The lowest BCUT2D eigenvalue weighted by atomic mass is 10.1. The van der Waals surface area contributed by atoms with E-state index in [1.165, 1.54) is 5.56 Å². The van der Waals surface area contributed by atoms with Crippen molar-refractivity contribution in [3.8, 4) is 0 Å². The Bertz CT molecular complexity index is 815. The number of nitrogens with one attached hydrogen (secondary N) is 3. The minimum absolute atomic E-state index is 0. The van der Waals surface area contributed by atoms with Crippen LogP contribution in [0.15, 0.2) is 29.3 Å². The predicted molar refractivity (Wildman–Crippen MR) is 125 cm³/mol. The van der Waals surface area contributed by atoms with E-state index in [0.29, 0.717) is 12.5 Å². The Balaban J connectivity index is 0.00000392. The van der Waals surface area contributed by atoms with E-state index in [4.69, 9.17) is 0 Å². The Labute approximate surface area is 184 Å². The smallest absolute Gasteiger partial charge is 0.243 e. The van der Waals surface area contributed by atoms with Gasteiger partial charge in [0.05, 0.1) is 18.8 Å².